The van der Waals surface area contributed by atoms with Crippen molar-refractivity contribution in [3.05, 3.63) is 23.3 Å². The van der Waals surface area contributed by atoms with Crippen LogP contribution in [0, 0.1) is 11.8 Å². The molecule has 13 heavy (non-hydrogen) atoms. The van der Waals surface area contributed by atoms with Gasteiger partial charge in [0.2, 0.25) is 0 Å². The van der Waals surface area contributed by atoms with Gasteiger partial charge in [-0.15, -0.1) is 0 Å². The number of hydrogen-bond acceptors (Lipinski definition) is 1. The van der Waals surface area contributed by atoms with Crippen LogP contribution in [0.1, 0.15) is 25.7 Å². The zero-order chi connectivity index (χ0) is 8.41. The average molecular weight is 174 g/mol. The molecule has 0 aromatic heterocycles. The topological polar surface area (TPSA) is 9.23 Å². The zero-order valence-corrected chi connectivity index (χ0v) is 7.70. The summed E-state index contributed by atoms with van der Waals surface area (Å²) in [5, 5.41) is 0. The molecular weight excluding hydrogens is 160 g/mol. The van der Waals surface area contributed by atoms with Gasteiger partial charge in [-0.3, -0.25) is 0 Å². The van der Waals surface area contributed by atoms with Crippen LogP contribution in [0.2, 0.25) is 0 Å². The van der Waals surface area contributed by atoms with E-state index >= 15 is 0 Å². The largest absolute Gasteiger partial charge is 0.366 e. The maximum absolute atomic E-state index is 5.99. The molecule has 0 N–H and O–H groups in total. The Bertz CT molecular complexity index is 296. The van der Waals surface area contributed by atoms with Crippen molar-refractivity contribution in [1.82, 2.24) is 0 Å². The van der Waals surface area contributed by atoms with E-state index < -0.39 is 0 Å². The second-order valence-corrected chi connectivity index (χ2v) is 4.78. The highest BCUT2D eigenvalue weighted by Crippen LogP contribution is 2.53. The number of fused-ring (bicyclic) bond motifs is 3. The Hall–Kier alpha value is -0.560. The van der Waals surface area contributed by atoms with E-state index in [-0.39, 0.29) is 0 Å². The summed E-state index contributed by atoms with van der Waals surface area (Å²) in [4.78, 5) is 0. The predicted octanol–water partition coefficient (Wildman–Crippen LogP) is 2.44. The Morgan fingerprint density at radius 3 is 1.85 bits per heavy atom. The maximum atomic E-state index is 5.99. The van der Waals surface area contributed by atoms with Crippen LogP contribution in [0.4, 0.5) is 0 Å². The molecule has 1 nitrogen and oxygen atoms in total. The van der Waals surface area contributed by atoms with Gasteiger partial charge in [0.15, 0.2) is 0 Å². The lowest BCUT2D eigenvalue weighted by Crippen LogP contribution is -2.28. The Labute approximate surface area is 78.5 Å². The molecule has 1 saturated heterocycles. The van der Waals surface area contributed by atoms with Gasteiger partial charge >= 0.3 is 0 Å². The lowest BCUT2D eigenvalue weighted by Gasteiger charge is -2.36. The highest BCUT2D eigenvalue weighted by Gasteiger charge is 2.47. The van der Waals surface area contributed by atoms with Gasteiger partial charge in [0.05, 0.1) is 12.2 Å². The van der Waals surface area contributed by atoms with E-state index in [9.17, 15) is 0 Å². The Morgan fingerprint density at radius 1 is 0.846 bits per heavy atom. The Balaban J connectivity index is 1.90. The predicted molar refractivity (Wildman–Crippen MR) is 50.3 cm³/mol. The first-order valence-corrected chi connectivity index (χ1v) is 5.51. The van der Waals surface area contributed by atoms with E-state index in [0.717, 1.165) is 11.8 Å². The first kappa shape index (κ1) is 6.83. The fraction of sp³-hybridized carbons (Fsp3) is 0.667. The highest BCUT2D eigenvalue weighted by atomic mass is 16.5. The summed E-state index contributed by atoms with van der Waals surface area (Å²) in [5.74, 6) is 1.52. The molecule has 0 spiro atoms. The summed E-state index contributed by atoms with van der Waals surface area (Å²) >= 11 is 0. The minimum atomic E-state index is 0.526. The molecule has 1 heteroatoms. The van der Waals surface area contributed by atoms with Gasteiger partial charge in [-0.2, -0.15) is 0 Å². The van der Waals surface area contributed by atoms with Crippen LogP contribution in [0.15, 0.2) is 23.3 Å². The smallest absolute Gasteiger partial charge is 0.0803 e. The Kier molecular flexibility index (Phi) is 1.10. The highest BCUT2D eigenvalue weighted by molar-refractivity contribution is 5.43. The molecule has 4 atom stereocenters. The van der Waals surface area contributed by atoms with Crippen LogP contribution in [0.25, 0.3) is 0 Å². The van der Waals surface area contributed by atoms with Crippen LogP contribution in [0.3, 0.4) is 0 Å². The monoisotopic (exact) mass is 174 g/mol. The first-order chi connectivity index (χ1) is 6.43. The minimum absolute atomic E-state index is 0.526. The first-order valence-electron chi connectivity index (χ1n) is 5.51. The molecule has 0 aromatic rings. The summed E-state index contributed by atoms with van der Waals surface area (Å²) in [6, 6.07) is 0. The van der Waals surface area contributed by atoms with Crippen LogP contribution in [-0.2, 0) is 4.74 Å². The molecule has 68 valence electrons. The van der Waals surface area contributed by atoms with Gasteiger partial charge in [0.25, 0.3) is 0 Å². The fourth-order valence-electron chi connectivity index (χ4n) is 3.71. The van der Waals surface area contributed by atoms with Crippen LogP contribution in [0.5, 0.6) is 0 Å². The fourth-order valence-corrected chi connectivity index (χ4v) is 3.71. The van der Waals surface area contributed by atoms with Crippen molar-refractivity contribution in [2.45, 2.75) is 37.9 Å². The van der Waals surface area contributed by atoms with Crippen LogP contribution in [-0.4, -0.2) is 12.2 Å². The molecule has 4 bridgehead atoms. The summed E-state index contributed by atoms with van der Waals surface area (Å²) in [6.45, 7) is 0. The zero-order valence-electron chi connectivity index (χ0n) is 7.70. The number of allylic oxidation sites excluding steroid dienone is 2. The average Bonchev–Trinajstić information content (AvgIpc) is 2.80. The van der Waals surface area contributed by atoms with E-state index in [2.05, 4.69) is 12.2 Å². The van der Waals surface area contributed by atoms with Gasteiger partial charge in [0, 0.05) is 11.8 Å². The van der Waals surface area contributed by atoms with Crippen molar-refractivity contribution in [2.75, 3.05) is 0 Å². The van der Waals surface area contributed by atoms with E-state index in [1.165, 1.54) is 25.7 Å². The third kappa shape index (κ3) is 0.690. The van der Waals surface area contributed by atoms with Crippen LogP contribution >= 0.6 is 0 Å². The minimum Gasteiger partial charge on any atom is -0.366 e. The Morgan fingerprint density at radius 2 is 1.38 bits per heavy atom. The van der Waals surface area contributed by atoms with E-state index in [1.807, 2.05) is 0 Å². The molecule has 3 aliphatic carbocycles. The van der Waals surface area contributed by atoms with Gasteiger partial charge in [-0.05, 0) is 36.8 Å². The molecule has 0 unspecified atom stereocenters. The van der Waals surface area contributed by atoms with E-state index in [0.29, 0.717) is 12.2 Å². The van der Waals surface area contributed by atoms with E-state index in [1.54, 1.807) is 11.1 Å². The molecule has 0 aromatic carbocycles. The van der Waals surface area contributed by atoms with Crippen LogP contribution < -0.4 is 0 Å². The quantitative estimate of drug-likeness (QED) is 0.512. The van der Waals surface area contributed by atoms with Gasteiger partial charge in [-0.1, -0.05) is 12.2 Å². The molecule has 1 fully saturated rings. The molecule has 0 radical (unpaired) electrons. The third-order valence-corrected chi connectivity index (χ3v) is 4.21. The normalized spacial score (nSPS) is 50.5. The van der Waals surface area contributed by atoms with Crippen molar-refractivity contribution in [3.63, 3.8) is 0 Å². The van der Waals surface area contributed by atoms with Gasteiger partial charge in [0.1, 0.15) is 0 Å². The number of rotatable bonds is 0. The molecule has 2 heterocycles. The SMILES string of the molecule is C1=C[C@H]2CC[C@@H]1C1=C2[C@@H]2CC[C@H]1O2. The summed E-state index contributed by atoms with van der Waals surface area (Å²) < 4.78 is 5.99. The summed E-state index contributed by atoms with van der Waals surface area (Å²) in [6.07, 6.45) is 11.3. The molecule has 2 aliphatic heterocycles. The molecule has 5 rings (SSSR count). The summed E-state index contributed by atoms with van der Waals surface area (Å²) in [5.41, 5.74) is 3.41. The van der Waals surface area contributed by atoms with Crippen molar-refractivity contribution >= 4 is 0 Å². The number of ether oxygens (including phenoxy) is 1. The van der Waals surface area contributed by atoms with Crippen molar-refractivity contribution in [2.24, 2.45) is 11.8 Å². The molecule has 5 aliphatic rings. The molecular formula is C12H14O. The standard InChI is InChI=1S/C12H14O/c1-2-8-4-3-7(1)11-9-5-6-10(13-9)12(8)11/h1-2,7-10H,3-6H2/t7-,8+,9-,10+. The maximum Gasteiger partial charge on any atom is 0.0803 e. The lowest BCUT2D eigenvalue weighted by molar-refractivity contribution is 0.109. The summed E-state index contributed by atoms with van der Waals surface area (Å²) in [7, 11) is 0. The lowest BCUT2D eigenvalue weighted by atomic mass is 9.67. The second kappa shape index (κ2) is 2.09. The van der Waals surface area contributed by atoms with Crippen molar-refractivity contribution in [1.29, 1.82) is 0 Å². The molecule has 0 saturated carbocycles. The second-order valence-electron chi connectivity index (χ2n) is 4.78. The van der Waals surface area contributed by atoms with Gasteiger partial charge in [-0.25, -0.2) is 0 Å². The molecule has 0 amide bonds. The number of hydrogen-bond donors (Lipinski definition) is 0. The van der Waals surface area contributed by atoms with Crippen molar-refractivity contribution < 1.29 is 4.74 Å². The third-order valence-electron chi connectivity index (χ3n) is 4.21. The van der Waals surface area contributed by atoms with E-state index in [4.69, 9.17) is 4.74 Å². The van der Waals surface area contributed by atoms with Gasteiger partial charge < -0.3 is 4.74 Å². The van der Waals surface area contributed by atoms with Crippen molar-refractivity contribution in [3.8, 4) is 0 Å².